The number of nitrogens with zero attached hydrogens (tertiary/aromatic N) is 1. The van der Waals surface area contributed by atoms with Crippen molar-refractivity contribution in [2.24, 2.45) is 0 Å². The van der Waals surface area contributed by atoms with E-state index in [1.54, 1.807) is 14.2 Å². The SMILES string of the molecule is CCOc1ccc(CN(CCc2ccc3c(c2)OCO3)Cc2ccc(OC)c(OC)c2)cc1.O=C(O)C(=O)O. The molecule has 2 N–H and O–H groups in total. The number of carbonyl (C=O) groups is 2. The van der Waals surface area contributed by atoms with Crippen LogP contribution in [0.2, 0.25) is 0 Å². The first kappa shape index (κ1) is 29.1. The van der Waals surface area contributed by atoms with Gasteiger partial charge in [-0.05, 0) is 66.4 Å². The van der Waals surface area contributed by atoms with Crippen molar-refractivity contribution >= 4 is 11.9 Å². The summed E-state index contributed by atoms with van der Waals surface area (Å²) in [4.78, 5) is 20.6. The first-order valence-electron chi connectivity index (χ1n) is 12.3. The number of methoxy groups -OCH3 is 2. The van der Waals surface area contributed by atoms with Gasteiger partial charge in [0, 0.05) is 19.6 Å². The zero-order chi connectivity index (χ0) is 28.2. The van der Waals surface area contributed by atoms with Crippen LogP contribution in [0.15, 0.2) is 60.7 Å². The summed E-state index contributed by atoms with van der Waals surface area (Å²) < 4.78 is 27.5. The van der Waals surface area contributed by atoms with E-state index in [1.165, 1.54) is 16.7 Å². The third-order valence-electron chi connectivity index (χ3n) is 5.83. The summed E-state index contributed by atoms with van der Waals surface area (Å²) in [7, 11) is 3.32. The second-order valence-corrected chi connectivity index (χ2v) is 8.52. The van der Waals surface area contributed by atoms with Crippen molar-refractivity contribution in [3.05, 3.63) is 77.4 Å². The summed E-state index contributed by atoms with van der Waals surface area (Å²) in [6.45, 7) is 5.46. The molecule has 1 heterocycles. The summed E-state index contributed by atoms with van der Waals surface area (Å²) in [5, 5.41) is 14.8. The van der Waals surface area contributed by atoms with Crippen molar-refractivity contribution in [3.63, 3.8) is 0 Å². The molecule has 1 aliphatic heterocycles. The minimum absolute atomic E-state index is 0.294. The minimum Gasteiger partial charge on any atom is -0.494 e. The Morgan fingerprint density at radius 3 is 2.05 bits per heavy atom. The number of aliphatic carboxylic acids is 2. The van der Waals surface area contributed by atoms with Crippen LogP contribution < -0.4 is 23.7 Å². The molecule has 0 radical (unpaired) electrons. The van der Waals surface area contributed by atoms with E-state index in [0.717, 1.165) is 54.8 Å². The average molecular weight is 540 g/mol. The molecule has 3 aromatic rings. The Labute approximate surface area is 227 Å². The first-order valence-corrected chi connectivity index (χ1v) is 12.3. The molecule has 0 atom stereocenters. The maximum Gasteiger partial charge on any atom is 0.414 e. The molecular weight excluding hydrogens is 506 g/mol. The van der Waals surface area contributed by atoms with Gasteiger partial charge in [-0.3, -0.25) is 4.90 Å². The molecule has 0 bridgehead atoms. The Bertz CT molecular complexity index is 1230. The summed E-state index contributed by atoms with van der Waals surface area (Å²) in [5.74, 6) is 0.366. The number of hydrogen-bond donors (Lipinski definition) is 2. The number of fused-ring (bicyclic) bond motifs is 1. The van der Waals surface area contributed by atoms with Crippen molar-refractivity contribution in [2.75, 3.05) is 34.2 Å². The van der Waals surface area contributed by atoms with Crippen LogP contribution in [0.1, 0.15) is 23.6 Å². The number of hydrogen-bond acceptors (Lipinski definition) is 8. The highest BCUT2D eigenvalue weighted by Gasteiger charge is 2.15. The third-order valence-corrected chi connectivity index (χ3v) is 5.83. The Balaban J connectivity index is 0.000000631. The van der Waals surface area contributed by atoms with Gasteiger partial charge < -0.3 is 33.9 Å². The zero-order valence-corrected chi connectivity index (χ0v) is 22.2. The molecule has 1 aliphatic rings. The molecule has 10 heteroatoms. The van der Waals surface area contributed by atoms with Gasteiger partial charge in [0.05, 0.1) is 20.8 Å². The fourth-order valence-corrected chi connectivity index (χ4v) is 3.95. The van der Waals surface area contributed by atoms with Crippen molar-refractivity contribution in [1.29, 1.82) is 0 Å². The van der Waals surface area contributed by atoms with Gasteiger partial charge in [0.1, 0.15) is 5.75 Å². The van der Waals surface area contributed by atoms with E-state index in [4.69, 9.17) is 43.5 Å². The van der Waals surface area contributed by atoms with Crippen LogP contribution in [0, 0.1) is 0 Å². The molecule has 0 spiro atoms. The molecular formula is C29H33NO9. The smallest absolute Gasteiger partial charge is 0.414 e. The van der Waals surface area contributed by atoms with Crippen LogP contribution in [-0.4, -0.2) is 61.2 Å². The fourth-order valence-electron chi connectivity index (χ4n) is 3.95. The molecule has 3 aromatic carbocycles. The van der Waals surface area contributed by atoms with E-state index >= 15 is 0 Å². The highest BCUT2D eigenvalue weighted by Crippen LogP contribution is 2.33. The van der Waals surface area contributed by atoms with Crippen LogP contribution in [-0.2, 0) is 29.1 Å². The molecule has 4 rings (SSSR count). The highest BCUT2D eigenvalue weighted by atomic mass is 16.7. The van der Waals surface area contributed by atoms with Crippen molar-refractivity contribution < 1.29 is 43.5 Å². The number of benzene rings is 3. The van der Waals surface area contributed by atoms with Crippen molar-refractivity contribution in [3.8, 4) is 28.7 Å². The standard InChI is InChI=1S/C27H31NO5.C2H2O4/c1-4-31-23-9-5-21(6-10-23)17-28(18-22-8-11-24(29-2)26(16-22)30-3)14-13-20-7-12-25-27(15-20)33-19-32-25;3-1(4)2(5)6/h5-12,15-16H,4,13-14,17-19H2,1-3H3;(H,3,4)(H,5,6). The van der Waals surface area contributed by atoms with Crippen LogP contribution in [0.25, 0.3) is 0 Å². The van der Waals surface area contributed by atoms with Crippen LogP contribution in [0.4, 0.5) is 0 Å². The topological polar surface area (TPSA) is 124 Å². The van der Waals surface area contributed by atoms with Gasteiger partial charge in [0.15, 0.2) is 23.0 Å². The van der Waals surface area contributed by atoms with E-state index in [1.807, 2.05) is 37.3 Å². The quantitative estimate of drug-likeness (QED) is 0.342. The number of carboxylic acid groups (broad SMARTS) is 2. The number of carboxylic acids is 2. The van der Waals surface area contributed by atoms with Gasteiger partial charge in [0.2, 0.25) is 6.79 Å². The number of ether oxygens (including phenoxy) is 5. The lowest BCUT2D eigenvalue weighted by Gasteiger charge is -2.23. The molecule has 0 saturated carbocycles. The Morgan fingerprint density at radius 1 is 0.795 bits per heavy atom. The lowest BCUT2D eigenvalue weighted by Crippen LogP contribution is -2.25. The second kappa shape index (κ2) is 14.5. The van der Waals surface area contributed by atoms with E-state index in [-0.39, 0.29) is 0 Å². The van der Waals surface area contributed by atoms with Gasteiger partial charge >= 0.3 is 11.9 Å². The molecule has 39 heavy (non-hydrogen) atoms. The number of rotatable bonds is 11. The van der Waals surface area contributed by atoms with Crippen molar-refractivity contribution in [2.45, 2.75) is 26.4 Å². The van der Waals surface area contributed by atoms with E-state index in [9.17, 15) is 0 Å². The van der Waals surface area contributed by atoms with E-state index in [0.29, 0.717) is 13.4 Å². The largest absolute Gasteiger partial charge is 0.494 e. The summed E-state index contributed by atoms with van der Waals surface area (Å²) in [5.41, 5.74) is 3.64. The second-order valence-electron chi connectivity index (χ2n) is 8.52. The van der Waals surface area contributed by atoms with E-state index < -0.39 is 11.9 Å². The molecule has 10 nitrogen and oxygen atoms in total. The maximum absolute atomic E-state index is 9.10. The molecule has 0 aromatic heterocycles. The zero-order valence-electron chi connectivity index (χ0n) is 22.2. The third kappa shape index (κ3) is 8.82. The van der Waals surface area contributed by atoms with Crippen molar-refractivity contribution in [1.82, 2.24) is 4.90 Å². The fraction of sp³-hybridized carbons (Fsp3) is 0.310. The average Bonchev–Trinajstić information content (AvgIpc) is 3.41. The van der Waals surface area contributed by atoms with Gasteiger partial charge in [-0.1, -0.05) is 24.3 Å². The molecule has 0 fully saturated rings. The van der Waals surface area contributed by atoms with Gasteiger partial charge in [-0.15, -0.1) is 0 Å². The molecule has 0 saturated heterocycles. The van der Waals surface area contributed by atoms with Crippen LogP contribution in [0.3, 0.4) is 0 Å². The van der Waals surface area contributed by atoms with Gasteiger partial charge in [-0.25, -0.2) is 9.59 Å². The predicted octanol–water partition coefficient (Wildman–Crippen LogP) is 4.23. The molecule has 0 aliphatic carbocycles. The molecule has 0 amide bonds. The normalized spacial score (nSPS) is 11.4. The Morgan fingerprint density at radius 2 is 1.41 bits per heavy atom. The Kier molecular flexibility index (Phi) is 10.8. The predicted molar refractivity (Wildman–Crippen MR) is 143 cm³/mol. The lowest BCUT2D eigenvalue weighted by molar-refractivity contribution is -0.159. The molecule has 0 unspecified atom stereocenters. The summed E-state index contributed by atoms with van der Waals surface area (Å²) in [6, 6.07) is 20.6. The molecule has 208 valence electrons. The van der Waals surface area contributed by atoms with Crippen LogP contribution >= 0.6 is 0 Å². The minimum atomic E-state index is -1.82. The van der Waals surface area contributed by atoms with E-state index in [2.05, 4.69) is 35.2 Å². The van der Waals surface area contributed by atoms with Gasteiger partial charge in [0.25, 0.3) is 0 Å². The van der Waals surface area contributed by atoms with Gasteiger partial charge in [-0.2, -0.15) is 0 Å². The Hall–Kier alpha value is -4.44. The van der Waals surface area contributed by atoms with Crippen LogP contribution in [0.5, 0.6) is 28.7 Å². The lowest BCUT2D eigenvalue weighted by atomic mass is 10.1. The highest BCUT2D eigenvalue weighted by molar-refractivity contribution is 6.27. The maximum atomic E-state index is 9.10. The summed E-state index contributed by atoms with van der Waals surface area (Å²) in [6.07, 6.45) is 0.904. The summed E-state index contributed by atoms with van der Waals surface area (Å²) >= 11 is 0. The monoisotopic (exact) mass is 539 g/mol. The first-order chi connectivity index (χ1) is 18.8.